The molecule has 0 spiro atoms. The van der Waals surface area contributed by atoms with E-state index < -0.39 is 0 Å². The standard InChI is InChI=1S/C8H9N3O/c1-3-5-6-7(10-4-2)11-8(9)12-6/h4-5H,1H2,2H3,(H2,9,11). The molecule has 0 aromatic carbocycles. The summed E-state index contributed by atoms with van der Waals surface area (Å²) in [6.45, 7) is 5.19. The predicted octanol–water partition coefficient (Wildman–Crippen LogP) is 1.78. The van der Waals surface area contributed by atoms with Crippen LogP contribution in [0.5, 0.6) is 0 Å². The predicted molar refractivity (Wildman–Crippen MR) is 48.3 cm³/mol. The van der Waals surface area contributed by atoms with E-state index in [0.29, 0.717) is 11.6 Å². The highest BCUT2D eigenvalue weighted by Gasteiger charge is 2.05. The van der Waals surface area contributed by atoms with Gasteiger partial charge in [-0.1, -0.05) is 6.58 Å². The van der Waals surface area contributed by atoms with Crippen molar-refractivity contribution in [2.75, 3.05) is 5.73 Å². The number of oxazole rings is 1. The van der Waals surface area contributed by atoms with Crippen LogP contribution < -0.4 is 5.73 Å². The van der Waals surface area contributed by atoms with Crippen molar-refractivity contribution in [3.63, 3.8) is 0 Å². The largest absolute Gasteiger partial charge is 0.421 e. The molecular formula is C8H9N3O. The number of anilines is 1. The molecule has 0 saturated heterocycles. The molecule has 1 aromatic rings. The number of nitrogen functional groups attached to an aromatic ring is 1. The van der Waals surface area contributed by atoms with Gasteiger partial charge in [0.05, 0.1) is 0 Å². The van der Waals surface area contributed by atoms with Gasteiger partial charge in [0.1, 0.15) is 0 Å². The molecule has 62 valence electrons. The molecule has 0 atom stereocenters. The van der Waals surface area contributed by atoms with Crippen LogP contribution in [0.1, 0.15) is 12.7 Å². The van der Waals surface area contributed by atoms with Crippen molar-refractivity contribution in [1.82, 2.24) is 4.98 Å². The van der Waals surface area contributed by atoms with Gasteiger partial charge in [-0.2, -0.15) is 4.98 Å². The van der Waals surface area contributed by atoms with Gasteiger partial charge in [0.25, 0.3) is 6.01 Å². The summed E-state index contributed by atoms with van der Waals surface area (Å²) in [5.74, 6) is 0.923. The highest BCUT2D eigenvalue weighted by molar-refractivity contribution is 5.64. The summed E-state index contributed by atoms with van der Waals surface area (Å²) < 4.78 is 5.00. The van der Waals surface area contributed by atoms with Crippen LogP contribution in [-0.2, 0) is 0 Å². The van der Waals surface area contributed by atoms with Crippen molar-refractivity contribution < 1.29 is 4.42 Å². The topological polar surface area (TPSA) is 64.4 Å². The lowest BCUT2D eigenvalue weighted by Gasteiger charge is -1.82. The van der Waals surface area contributed by atoms with Gasteiger partial charge in [0.15, 0.2) is 5.76 Å². The smallest absolute Gasteiger partial charge is 0.294 e. The van der Waals surface area contributed by atoms with Crippen molar-refractivity contribution in [3.8, 4) is 0 Å². The van der Waals surface area contributed by atoms with Crippen LogP contribution in [0.25, 0.3) is 6.08 Å². The lowest BCUT2D eigenvalue weighted by Crippen LogP contribution is -1.80. The number of rotatable bonds is 2. The molecule has 0 saturated carbocycles. The minimum absolute atomic E-state index is 0.0945. The van der Waals surface area contributed by atoms with Crippen molar-refractivity contribution in [1.29, 1.82) is 0 Å². The van der Waals surface area contributed by atoms with E-state index in [1.165, 1.54) is 6.08 Å². The number of nitrogens with two attached hydrogens (primary N) is 1. The van der Waals surface area contributed by atoms with Crippen molar-refractivity contribution >= 4 is 24.1 Å². The van der Waals surface area contributed by atoms with Crippen molar-refractivity contribution in [2.24, 2.45) is 4.99 Å². The second-order valence-electron chi connectivity index (χ2n) is 1.98. The van der Waals surface area contributed by atoms with E-state index in [-0.39, 0.29) is 6.01 Å². The van der Waals surface area contributed by atoms with Gasteiger partial charge in [-0.25, -0.2) is 4.99 Å². The molecule has 0 unspecified atom stereocenters. The molecule has 2 N–H and O–H groups in total. The molecule has 0 amide bonds. The maximum Gasteiger partial charge on any atom is 0.294 e. The molecule has 1 heterocycles. The quantitative estimate of drug-likeness (QED) is 0.533. The first-order chi connectivity index (χ1) is 5.77. The van der Waals surface area contributed by atoms with E-state index in [2.05, 4.69) is 22.3 Å². The summed E-state index contributed by atoms with van der Waals surface area (Å²) in [5, 5.41) is 0. The molecule has 12 heavy (non-hydrogen) atoms. The lowest BCUT2D eigenvalue weighted by atomic mass is 10.4. The van der Waals surface area contributed by atoms with Crippen LogP contribution >= 0.6 is 0 Å². The molecule has 0 bridgehead atoms. The Balaban J connectivity index is 3.16. The van der Waals surface area contributed by atoms with E-state index in [4.69, 9.17) is 10.2 Å². The SMILES string of the molecule is C=C=Cc1oc(N)nc1N=CC. The number of nitrogens with zero attached hydrogens (tertiary/aromatic N) is 2. The van der Waals surface area contributed by atoms with Gasteiger partial charge >= 0.3 is 0 Å². The normalized spacial score (nSPS) is 10.1. The molecule has 1 rings (SSSR count). The third-order valence-corrected chi connectivity index (χ3v) is 1.14. The van der Waals surface area contributed by atoms with Gasteiger partial charge in [-0.15, -0.1) is 5.73 Å². The van der Waals surface area contributed by atoms with E-state index in [1.54, 1.807) is 13.1 Å². The fraction of sp³-hybridized carbons (Fsp3) is 0.125. The van der Waals surface area contributed by atoms with Crippen LogP contribution in [0.15, 0.2) is 21.7 Å². The van der Waals surface area contributed by atoms with E-state index in [0.717, 1.165) is 0 Å². The molecule has 0 radical (unpaired) electrons. The van der Waals surface area contributed by atoms with Gasteiger partial charge in [0, 0.05) is 12.3 Å². The number of aromatic nitrogens is 1. The average Bonchev–Trinajstić information content (AvgIpc) is 2.33. The van der Waals surface area contributed by atoms with Gasteiger partial charge in [-0.3, -0.25) is 0 Å². The molecule has 4 nitrogen and oxygen atoms in total. The Kier molecular flexibility index (Phi) is 2.46. The molecule has 4 heteroatoms. The summed E-state index contributed by atoms with van der Waals surface area (Å²) in [7, 11) is 0. The van der Waals surface area contributed by atoms with Gasteiger partial charge in [0.2, 0.25) is 5.82 Å². The number of aliphatic imine (C=N–C) groups is 1. The zero-order valence-electron chi connectivity index (χ0n) is 6.74. The van der Waals surface area contributed by atoms with E-state index in [9.17, 15) is 0 Å². The monoisotopic (exact) mass is 163 g/mol. The van der Waals surface area contributed by atoms with Crippen LogP contribution in [0, 0.1) is 0 Å². The zero-order chi connectivity index (χ0) is 8.97. The minimum Gasteiger partial charge on any atom is -0.421 e. The molecule has 0 aliphatic carbocycles. The van der Waals surface area contributed by atoms with Gasteiger partial charge < -0.3 is 10.2 Å². The second-order valence-corrected chi connectivity index (χ2v) is 1.98. The van der Waals surface area contributed by atoms with Crippen LogP contribution in [0.2, 0.25) is 0 Å². The fourth-order valence-electron chi connectivity index (χ4n) is 0.742. The fourth-order valence-corrected chi connectivity index (χ4v) is 0.742. The summed E-state index contributed by atoms with van der Waals surface area (Å²) in [6.07, 6.45) is 3.14. The molecule has 0 aliphatic heterocycles. The highest BCUT2D eigenvalue weighted by atomic mass is 16.4. The third kappa shape index (κ3) is 1.62. The summed E-state index contributed by atoms with van der Waals surface area (Å²) in [4.78, 5) is 7.77. The molecular weight excluding hydrogens is 154 g/mol. The Morgan fingerprint density at radius 1 is 1.75 bits per heavy atom. The van der Waals surface area contributed by atoms with Crippen molar-refractivity contribution in [2.45, 2.75) is 6.92 Å². The Morgan fingerprint density at radius 3 is 3.08 bits per heavy atom. The average molecular weight is 163 g/mol. The maximum atomic E-state index is 5.32. The van der Waals surface area contributed by atoms with Crippen LogP contribution in [0.3, 0.4) is 0 Å². The Labute approximate surface area is 70.1 Å². The van der Waals surface area contributed by atoms with E-state index in [1.807, 2.05) is 0 Å². The first-order valence-electron chi connectivity index (χ1n) is 3.38. The zero-order valence-corrected chi connectivity index (χ0v) is 6.74. The first-order valence-corrected chi connectivity index (χ1v) is 3.38. The summed E-state index contributed by atoms with van der Waals surface area (Å²) in [5.41, 5.74) is 7.88. The third-order valence-electron chi connectivity index (χ3n) is 1.14. The number of hydrogen-bond donors (Lipinski definition) is 1. The first kappa shape index (κ1) is 8.30. The van der Waals surface area contributed by atoms with E-state index >= 15 is 0 Å². The van der Waals surface area contributed by atoms with Crippen molar-refractivity contribution in [3.05, 3.63) is 18.1 Å². The lowest BCUT2D eigenvalue weighted by molar-refractivity contribution is 0.571. The summed E-state index contributed by atoms with van der Waals surface area (Å²) in [6, 6.07) is 0.0945. The Hall–Kier alpha value is -1.80. The Bertz CT molecular complexity index is 345. The second kappa shape index (κ2) is 3.55. The Morgan fingerprint density at radius 2 is 2.50 bits per heavy atom. The number of hydrogen-bond acceptors (Lipinski definition) is 4. The molecule has 0 aliphatic rings. The van der Waals surface area contributed by atoms with Gasteiger partial charge in [-0.05, 0) is 6.92 Å². The van der Waals surface area contributed by atoms with Crippen LogP contribution in [-0.4, -0.2) is 11.2 Å². The highest BCUT2D eigenvalue weighted by Crippen LogP contribution is 2.21. The maximum absolute atomic E-state index is 5.32. The van der Waals surface area contributed by atoms with Crippen LogP contribution in [0.4, 0.5) is 11.8 Å². The molecule has 1 aromatic heterocycles. The minimum atomic E-state index is 0.0945. The summed E-state index contributed by atoms with van der Waals surface area (Å²) >= 11 is 0. The molecule has 0 fully saturated rings.